The van der Waals surface area contributed by atoms with Crippen molar-refractivity contribution < 1.29 is 14.7 Å². The predicted molar refractivity (Wildman–Crippen MR) is 96.8 cm³/mol. The van der Waals surface area contributed by atoms with Crippen molar-refractivity contribution in [2.45, 2.75) is 72.3 Å². The molecule has 4 aliphatic rings. The molecular formula is C22H32O3. The maximum Gasteiger partial charge on any atom is 0.155 e. The molecule has 3 heteroatoms. The number of hydrogen-bond donors (Lipinski definition) is 1. The van der Waals surface area contributed by atoms with Crippen LogP contribution in [0.3, 0.4) is 0 Å². The van der Waals surface area contributed by atoms with Crippen molar-refractivity contribution in [2.24, 2.45) is 40.4 Å². The Bertz CT molecular complexity index is 650. The fourth-order valence-corrected chi connectivity index (χ4v) is 7.79. The van der Waals surface area contributed by atoms with E-state index in [4.69, 9.17) is 0 Å². The molecule has 138 valence electrons. The number of ketones is 2. The van der Waals surface area contributed by atoms with Crippen molar-refractivity contribution in [3.05, 3.63) is 11.6 Å². The van der Waals surface area contributed by atoms with Crippen LogP contribution in [0, 0.1) is 40.4 Å². The van der Waals surface area contributed by atoms with E-state index in [2.05, 4.69) is 20.8 Å². The largest absolute Gasteiger partial charge is 0.393 e. The first-order chi connectivity index (χ1) is 11.7. The summed E-state index contributed by atoms with van der Waals surface area (Å²) in [5.41, 5.74) is 1.19. The summed E-state index contributed by atoms with van der Waals surface area (Å²) < 4.78 is 0. The lowest BCUT2D eigenvalue weighted by Gasteiger charge is -2.61. The van der Waals surface area contributed by atoms with Gasteiger partial charge in [-0.3, -0.25) is 9.59 Å². The normalized spacial score (nSPS) is 52.0. The summed E-state index contributed by atoms with van der Waals surface area (Å²) in [5.74, 6) is 2.33. The minimum Gasteiger partial charge on any atom is -0.393 e. The Morgan fingerprint density at radius 1 is 1.28 bits per heavy atom. The third kappa shape index (κ3) is 2.27. The highest BCUT2D eigenvalue weighted by molar-refractivity contribution is 5.91. The maximum atomic E-state index is 12.2. The number of carbonyl (C=O) groups excluding carboxylic acids is 2. The van der Waals surface area contributed by atoms with E-state index in [0.29, 0.717) is 30.0 Å². The molecule has 0 radical (unpaired) electrons. The summed E-state index contributed by atoms with van der Waals surface area (Å²) in [6, 6.07) is 0. The zero-order valence-electron chi connectivity index (χ0n) is 16.0. The second-order valence-corrected chi connectivity index (χ2v) is 9.93. The second-order valence-electron chi connectivity index (χ2n) is 9.93. The van der Waals surface area contributed by atoms with Gasteiger partial charge in [-0.25, -0.2) is 0 Å². The van der Waals surface area contributed by atoms with Crippen LogP contribution in [0.15, 0.2) is 11.6 Å². The van der Waals surface area contributed by atoms with Crippen LogP contribution in [0.2, 0.25) is 0 Å². The van der Waals surface area contributed by atoms with Crippen molar-refractivity contribution in [1.82, 2.24) is 0 Å². The van der Waals surface area contributed by atoms with Crippen LogP contribution in [-0.2, 0) is 9.59 Å². The van der Waals surface area contributed by atoms with Gasteiger partial charge in [-0.05, 0) is 79.6 Å². The molecule has 25 heavy (non-hydrogen) atoms. The van der Waals surface area contributed by atoms with E-state index < -0.39 is 0 Å². The number of rotatable bonds is 1. The Labute approximate surface area is 151 Å². The molecule has 3 saturated carbocycles. The summed E-state index contributed by atoms with van der Waals surface area (Å²) in [5, 5.41) is 11.2. The van der Waals surface area contributed by atoms with Crippen molar-refractivity contribution >= 4 is 11.6 Å². The van der Waals surface area contributed by atoms with Gasteiger partial charge in [0.05, 0.1) is 6.10 Å². The molecular weight excluding hydrogens is 312 g/mol. The monoisotopic (exact) mass is 344 g/mol. The van der Waals surface area contributed by atoms with Gasteiger partial charge in [-0.1, -0.05) is 26.3 Å². The molecule has 4 aliphatic carbocycles. The Morgan fingerprint density at radius 2 is 2.00 bits per heavy atom. The van der Waals surface area contributed by atoms with Gasteiger partial charge in [-0.2, -0.15) is 0 Å². The highest BCUT2D eigenvalue weighted by Crippen LogP contribution is 2.67. The predicted octanol–water partition coefficient (Wildman–Crippen LogP) is 3.94. The van der Waals surface area contributed by atoms with E-state index >= 15 is 0 Å². The van der Waals surface area contributed by atoms with E-state index in [0.717, 1.165) is 32.1 Å². The molecule has 0 bridgehead atoms. The molecule has 8 atom stereocenters. The molecule has 0 amide bonds. The van der Waals surface area contributed by atoms with Crippen molar-refractivity contribution in [3.63, 3.8) is 0 Å². The smallest absolute Gasteiger partial charge is 0.155 e. The van der Waals surface area contributed by atoms with Gasteiger partial charge >= 0.3 is 0 Å². The minimum atomic E-state index is -0.361. The summed E-state index contributed by atoms with van der Waals surface area (Å²) in [6.07, 6.45) is 6.93. The molecule has 3 fully saturated rings. The third-order valence-electron chi connectivity index (χ3n) is 8.70. The molecule has 1 N–H and O–H groups in total. The van der Waals surface area contributed by atoms with Gasteiger partial charge in [0.1, 0.15) is 5.78 Å². The molecule has 0 heterocycles. The van der Waals surface area contributed by atoms with Crippen LogP contribution >= 0.6 is 0 Å². The number of carbonyl (C=O) groups is 2. The summed E-state index contributed by atoms with van der Waals surface area (Å²) in [4.78, 5) is 24.3. The van der Waals surface area contributed by atoms with Gasteiger partial charge in [-0.15, -0.1) is 0 Å². The molecule has 0 spiro atoms. The molecule has 4 rings (SSSR count). The molecule has 0 aromatic heterocycles. The number of hydrogen-bond acceptors (Lipinski definition) is 3. The molecule has 0 aliphatic heterocycles. The van der Waals surface area contributed by atoms with E-state index in [1.165, 1.54) is 5.57 Å². The highest BCUT2D eigenvalue weighted by Gasteiger charge is 2.63. The zero-order chi connectivity index (χ0) is 18.1. The average Bonchev–Trinajstić information content (AvgIpc) is 2.85. The Kier molecular flexibility index (Phi) is 3.85. The molecule has 3 nitrogen and oxygen atoms in total. The standard InChI is InChI=1S/C22H32O3/c1-12-9-15-17-6-5-16(13(2)23)22(17,4)11-19(25)20(15)21(3)8-7-14(24)10-18(12)21/h10,12,15-17,19-20,25H,5-9,11H2,1-4H3/t12-,15?,16?,17?,19?,20?,21?,22?/m0/s1. The van der Waals surface area contributed by atoms with Crippen LogP contribution in [0.25, 0.3) is 0 Å². The zero-order valence-corrected chi connectivity index (χ0v) is 16.0. The number of aliphatic hydroxyl groups excluding tert-OH is 1. The number of aliphatic hydroxyl groups is 1. The maximum absolute atomic E-state index is 12.2. The van der Waals surface area contributed by atoms with E-state index in [-0.39, 0.29) is 34.6 Å². The Morgan fingerprint density at radius 3 is 2.68 bits per heavy atom. The molecule has 7 unspecified atom stereocenters. The van der Waals surface area contributed by atoms with Gasteiger partial charge in [0, 0.05) is 12.3 Å². The Balaban J connectivity index is 1.76. The van der Waals surface area contributed by atoms with E-state index in [1.54, 1.807) is 6.92 Å². The van der Waals surface area contributed by atoms with Crippen LogP contribution in [-0.4, -0.2) is 22.8 Å². The fourth-order valence-electron chi connectivity index (χ4n) is 7.79. The lowest BCUT2D eigenvalue weighted by atomic mass is 9.44. The second kappa shape index (κ2) is 5.52. The fraction of sp³-hybridized carbons (Fsp3) is 0.818. The first-order valence-corrected chi connectivity index (χ1v) is 10.1. The number of fused-ring (bicyclic) bond motifs is 5. The lowest BCUT2D eigenvalue weighted by Crippen LogP contribution is -2.58. The van der Waals surface area contributed by atoms with E-state index in [1.807, 2.05) is 6.08 Å². The summed E-state index contributed by atoms with van der Waals surface area (Å²) >= 11 is 0. The van der Waals surface area contributed by atoms with Crippen LogP contribution in [0.5, 0.6) is 0 Å². The van der Waals surface area contributed by atoms with Crippen molar-refractivity contribution in [1.29, 1.82) is 0 Å². The highest BCUT2D eigenvalue weighted by atomic mass is 16.3. The topological polar surface area (TPSA) is 54.4 Å². The van der Waals surface area contributed by atoms with Gasteiger partial charge in [0.15, 0.2) is 5.78 Å². The average molecular weight is 344 g/mol. The van der Waals surface area contributed by atoms with Crippen LogP contribution < -0.4 is 0 Å². The summed E-state index contributed by atoms with van der Waals surface area (Å²) in [7, 11) is 0. The van der Waals surface area contributed by atoms with Crippen LogP contribution in [0.1, 0.15) is 66.2 Å². The quantitative estimate of drug-likeness (QED) is 0.784. The number of allylic oxidation sites excluding steroid dienone is 1. The van der Waals surface area contributed by atoms with Crippen molar-refractivity contribution in [3.8, 4) is 0 Å². The lowest BCUT2D eigenvalue weighted by molar-refractivity contribution is -0.147. The molecule has 0 aromatic carbocycles. The van der Waals surface area contributed by atoms with Gasteiger partial charge < -0.3 is 5.11 Å². The minimum absolute atomic E-state index is 0.0474. The first-order valence-electron chi connectivity index (χ1n) is 10.1. The van der Waals surface area contributed by atoms with Gasteiger partial charge in [0.2, 0.25) is 0 Å². The van der Waals surface area contributed by atoms with Crippen LogP contribution in [0.4, 0.5) is 0 Å². The SMILES string of the molecule is CC(=O)C1CCC2C3C[C@H](C)C4=CC(=O)CCC4(C)C3C(O)CC12C. The van der Waals surface area contributed by atoms with Crippen molar-refractivity contribution in [2.75, 3.05) is 0 Å². The first kappa shape index (κ1) is 17.5. The van der Waals surface area contributed by atoms with Gasteiger partial charge in [0.25, 0.3) is 0 Å². The number of Topliss-reactive ketones (excluding diaryl/α,β-unsaturated/α-hetero) is 1. The third-order valence-corrected chi connectivity index (χ3v) is 8.70. The molecule has 0 aromatic rings. The summed E-state index contributed by atoms with van der Waals surface area (Å²) in [6.45, 7) is 8.55. The Hall–Kier alpha value is -0.960. The van der Waals surface area contributed by atoms with E-state index in [9.17, 15) is 14.7 Å². The molecule has 0 saturated heterocycles.